The summed E-state index contributed by atoms with van der Waals surface area (Å²) in [6.07, 6.45) is 10.1. The van der Waals surface area contributed by atoms with Gasteiger partial charge in [-0.1, -0.05) is 52.2 Å². The molecule has 1 N–H and O–H groups in total. The zero-order valence-electron chi connectivity index (χ0n) is 11.6. The van der Waals surface area contributed by atoms with Gasteiger partial charge in [-0.15, -0.1) is 0 Å². The second-order valence-corrected chi connectivity index (χ2v) is 5.29. The predicted molar refractivity (Wildman–Crippen MR) is 73.0 cm³/mol. The van der Waals surface area contributed by atoms with Crippen LogP contribution in [-0.4, -0.2) is 11.1 Å². The number of rotatable bonds is 8. The van der Waals surface area contributed by atoms with Crippen molar-refractivity contribution in [2.75, 3.05) is 0 Å². The minimum absolute atomic E-state index is 0.683. The molecule has 98 valence electrons. The first-order valence-corrected chi connectivity index (χ1v) is 6.49. The fourth-order valence-electron chi connectivity index (χ4n) is 1.72. The molecule has 0 aliphatic rings. The molecule has 0 aliphatic heterocycles. The third-order valence-corrected chi connectivity index (χ3v) is 2.75. The maximum absolute atomic E-state index is 10.4. The standard InChI is InChI=1S/C15H26O2/c1-12(2)7-5-8-13(3)9-6-10-14(4)11-15(16)17/h6,10-13H,5,7-9H2,1-4H3,(H,16,17)/b10-6-,14-11?. The molecule has 0 aromatic carbocycles. The fraction of sp³-hybridized carbons (Fsp3) is 0.667. The van der Waals surface area contributed by atoms with Crippen LogP contribution in [0.4, 0.5) is 0 Å². The van der Waals surface area contributed by atoms with Crippen molar-refractivity contribution < 1.29 is 9.90 Å². The van der Waals surface area contributed by atoms with Crippen molar-refractivity contribution in [1.82, 2.24) is 0 Å². The molecule has 2 nitrogen and oxygen atoms in total. The van der Waals surface area contributed by atoms with Crippen LogP contribution in [-0.2, 0) is 4.79 Å². The van der Waals surface area contributed by atoms with E-state index in [0.29, 0.717) is 5.92 Å². The van der Waals surface area contributed by atoms with Crippen LogP contribution in [0, 0.1) is 11.8 Å². The molecule has 1 atom stereocenters. The van der Waals surface area contributed by atoms with Gasteiger partial charge in [-0.3, -0.25) is 0 Å². The van der Waals surface area contributed by atoms with Gasteiger partial charge in [-0.2, -0.15) is 0 Å². The third kappa shape index (κ3) is 11.2. The highest BCUT2D eigenvalue weighted by Gasteiger charge is 2.01. The Balaban J connectivity index is 3.79. The summed E-state index contributed by atoms with van der Waals surface area (Å²) >= 11 is 0. The number of aliphatic carboxylic acids is 1. The first kappa shape index (κ1) is 16.0. The Bertz CT molecular complexity index is 275. The molecule has 2 heteroatoms. The highest BCUT2D eigenvalue weighted by Crippen LogP contribution is 2.15. The van der Waals surface area contributed by atoms with E-state index in [0.717, 1.165) is 17.9 Å². The summed E-state index contributed by atoms with van der Waals surface area (Å²) in [5.74, 6) is 0.596. The molecule has 0 spiro atoms. The Morgan fingerprint density at radius 1 is 1.24 bits per heavy atom. The van der Waals surface area contributed by atoms with Gasteiger partial charge in [0.2, 0.25) is 0 Å². The van der Waals surface area contributed by atoms with Crippen LogP contribution in [0.5, 0.6) is 0 Å². The molecule has 0 fully saturated rings. The molecule has 17 heavy (non-hydrogen) atoms. The lowest BCUT2D eigenvalue weighted by atomic mass is 9.97. The van der Waals surface area contributed by atoms with Gasteiger partial charge in [0, 0.05) is 6.08 Å². The maximum Gasteiger partial charge on any atom is 0.328 e. The number of hydrogen-bond acceptors (Lipinski definition) is 1. The normalized spacial score (nSPS) is 14.5. The van der Waals surface area contributed by atoms with Gasteiger partial charge in [0.15, 0.2) is 0 Å². The lowest BCUT2D eigenvalue weighted by Crippen LogP contribution is -1.95. The summed E-state index contributed by atoms with van der Waals surface area (Å²) in [5, 5.41) is 8.55. The Morgan fingerprint density at radius 3 is 2.41 bits per heavy atom. The number of allylic oxidation sites excluding steroid dienone is 3. The first-order valence-electron chi connectivity index (χ1n) is 6.49. The topological polar surface area (TPSA) is 37.3 Å². The van der Waals surface area contributed by atoms with Crippen LogP contribution < -0.4 is 0 Å². The van der Waals surface area contributed by atoms with Gasteiger partial charge in [0.05, 0.1) is 0 Å². The van der Waals surface area contributed by atoms with Crippen LogP contribution in [0.1, 0.15) is 53.4 Å². The van der Waals surface area contributed by atoms with Crippen molar-refractivity contribution in [1.29, 1.82) is 0 Å². The van der Waals surface area contributed by atoms with E-state index in [4.69, 9.17) is 5.11 Å². The monoisotopic (exact) mass is 238 g/mol. The summed E-state index contributed by atoms with van der Waals surface area (Å²) in [4.78, 5) is 10.4. The van der Waals surface area contributed by atoms with E-state index in [1.165, 1.54) is 25.3 Å². The van der Waals surface area contributed by atoms with Gasteiger partial charge < -0.3 is 5.11 Å². The summed E-state index contributed by atoms with van der Waals surface area (Å²) in [6.45, 7) is 8.57. The molecule has 0 amide bonds. The molecule has 0 rings (SSSR count). The predicted octanol–water partition coefficient (Wildman–Crippen LogP) is 4.43. The smallest absolute Gasteiger partial charge is 0.328 e. The van der Waals surface area contributed by atoms with Crippen molar-refractivity contribution in [3.8, 4) is 0 Å². The molecule has 0 radical (unpaired) electrons. The highest BCUT2D eigenvalue weighted by molar-refractivity contribution is 5.81. The van der Waals surface area contributed by atoms with Crippen molar-refractivity contribution in [2.24, 2.45) is 11.8 Å². The van der Waals surface area contributed by atoms with Crippen LogP contribution in [0.25, 0.3) is 0 Å². The SMILES string of the molecule is CC(=CC(=O)O)/C=C\CC(C)CCCC(C)C. The molecule has 0 aromatic rings. The minimum Gasteiger partial charge on any atom is -0.478 e. The second kappa shape index (κ2) is 9.03. The lowest BCUT2D eigenvalue weighted by Gasteiger charge is -2.09. The van der Waals surface area contributed by atoms with Crippen molar-refractivity contribution >= 4 is 5.97 Å². The van der Waals surface area contributed by atoms with E-state index in [1.54, 1.807) is 0 Å². The summed E-state index contributed by atoms with van der Waals surface area (Å²) in [6, 6.07) is 0. The van der Waals surface area contributed by atoms with E-state index in [9.17, 15) is 4.79 Å². The minimum atomic E-state index is -0.878. The number of hydrogen-bond donors (Lipinski definition) is 1. The summed E-state index contributed by atoms with van der Waals surface area (Å²) < 4.78 is 0. The van der Waals surface area contributed by atoms with Crippen LogP contribution >= 0.6 is 0 Å². The molecule has 1 unspecified atom stereocenters. The maximum atomic E-state index is 10.4. The Labute approximate surface area is 105 Å². The zero-order valence-corrected chi connectivity index (χ0v) is 11.6. The second-order valence-electron chi connectivity index (χ2n) is 5.29. The van der Waals surface area contributed by atoms with E-state index in [-0.39, 0.29) is 0 Å². The quantitative estimate of drug-likeness (QED) is 0.502. The van der Waals surface area contributed by atoms with Crippen LogP contribution in [0.15, 0.2) is 23.8 Å². The number of carboxylic acids is 1. The van der Waals surface area contributed by atoms with Gasteiger partial charge in [-0.05, 0) is 30.8 Å². The number of carbonyl (C=O) groups is 1. The Hall–Kier alpha value is -1.05. The molecule has 0 saturated carbocycles. The molecular formula is C15H26O2. The number of carboxylic acid groups (broad SMARTS) is 1. The van der Waals surface area contributed by atoms with Gasteiger partial charge in [0.25, 0.3) is 0 Å². The molecule has 0 saturated heterocycles. The summed E-state index contributed by atoms with van der Waals surface area (Å²) in [5.41, 5.74) is 0.798. The van der Waals surface area contributed by atoms with E-state index in [1.807, 2.05) is 13.0 Å². The Morgan fingerprint density at radius 2 is 1.88 bits per heavy atom. The molecule has 0 aliphatic carbocycles. The molecule has 0 bridgehead atoms. The van der Waals surface area contributed by atoms with E-state index < -0.39 is 5.97 Å². The Kier molecular flexibility index (Phi) is 8.47. The molecule has 0 aromatic heterocycles. The van der Waals surface area contributed by atoms with Crippen molar-refractivity contribution in [2.45, 2.75) is 53.4 Å². The van der Waals surface area contributed by atoms with Crippen molar-refractivity contribution in [3.63, 3.8) is 0 Å². The highest BCUT2D eigenvalue weighted by atomic mass is 16.4. The molecular weight excluding hydrogens is 212 g/mol. The third-order valence-electron chi connectivity index (χ3n) is 2.75. The van der Waals surface area contributed by atoms with E-state index >= 15 is 0 Å². The van der Waals surface area contributed by atoms with Crippen LogP contribution in [0.2, 0.25) is 0 Å². The van der Waals surface area contributed by atoms with Gasteiger partial charge in [0.1, 0.15) is 0 Å². The van der Waals surface area contributed by atoms with Gasteiger partial charge in [-0.25, -0.2) is 4.79 Å². The molecule has 0 heterocycles. The first-order chi connectivity index (χ1) is 7.91. The largest absolute Gasteiger partial charge is 0.478 e. The van der Waals surface area contributed by atoms with E-state index in [2.05, 4.69) is 26.8 Å². The lowest BCUT2D eigenvalue weighted by molar-refractivity contribution is -0.131. The fourth-order valence-corrected chi connectivity index (χ4v) is 1.72. The van der Waals surface area contributed by atoms with Crippen molar-refractivity contribution in [3.05, 3.63) is 23.8 Å². The zero-order chi connectivity index (χ0) is 13.3. The van der Waals surface area contributed by atoms with Crippen LogP contribution in [0.3, 0.4) is 0 Å². The van der Waals surface area contributed by atoms with Gasteiger partial charge >= 0.3 is 5.97 Å². The average Bonchev–Trinajstić information content (AvgIpc) is 2.15. The summed E-state index contributed by atoms with van der Waals surface area (Å²) in [7, 11) is 0. The average molecular weight is 238 g/mol.